The Morgan fingerprint density at radius 3 is 2.50 bits per heavy atom. The summed E-state index contributed by atoms with van der Waals surface area (Å²) in [5.74, 6) is 2.77. The van der Waals surface area contributed by atoms with Crippen molar-refractivity contribution < 1.29 is 0 Å². The summed E-state index contributed by atoms with van der Waals surface area (Å²) < 4.78 is 0. The van der Waals surface area contributed by atoms with E-state index in [4.69, 9.17) is 12.2 Å². The van der Waals surface area contributed by atoms with Gasteiger partial charge in [-0.2, -0.15) is 0 Å². The van der Waals surface area contributed by atoms with Crippen molar-refractivity contribution >= 4 is 0 Å². The van der Waals surface area contributed by atoms with Gasteiger partial charge in [-0.05, 0) is 32.6 Å². The highest BCUT2D eigenvalue weighted by Crippen LogP contribution is 2.36. The summed E-state index contributed by atoms with van der Waals surface area (Å²) in [6.45, 7) is 2.25. The molecular formula is C12H20N2. The predicted octanol–water partition coefficient (Wildman–Crippen LogP) is 1.35. The van der Waals surface area contributed by atoms with Crippen molar-refractivity contribution in [1.82, 2.24) is 4.90 Å². The van der Waals surface area contributed by atoms with Crippen molar-refractivity contribution in [3.8, 4) is 12.3 Å². The number of nitrogens with zero attached hydrogens (tertiary/aromatic N) is 1. The first-order valence-electron chi connectivity index (χ1n) is 5.69. The van der Waals surface area contributed by atoms with Crippen molar-refractivity contribution in [2.45, 2.75) is 63.2 Å². The third-order valence-electron chi connectivity index (χ3n) is 3.75. The Kier molecular flexibility index (Phi) is 2.80. The molecule has 0 radical (unpaired) electrons. The molecule has 14 heavy (non-hydrogen) atoms. The first kappa shape index (κ1) is 10.0. The summed E-state index contributed by atoms with van der Waals surface area (Å²) in [6.07, 6.45) is 11.2. The van der Waals surface area contributed by atoms with E-state index >= 15 is 0 Å². The lowest BCUT2D eigenvalue weighted by Crippen LogP contribution is -2.51. The molecule has 3 unspecified atom stereocenters. The van der Waals surface area contributed by atoms with E-state index in [-0.39, 0.29) is 0 Å². The van der Waals surface area contributed by atoms with Crippen molar-refractivity contribution in [3.63, 3.8) is 0 Å². The Labute approximate surface area is 86.8 Å². The molecule has 78 valence electrons. The average molecular weight is 192 g/mol. The molecule has 2 bridgehead atoms. The van der Waals surface area contributed by atoms with Crippen molar-refractivity contribution in [2.75, 3.05) is 0 Å². The Bertz CT molecular complexity index is 229. The topological polar surface area (TPSA) is 29.3 Å². The number of piperidine rings is 1. The highest BCUT2D eigenvalue weighted by atomic mass is 15.2. The SMILES string of the molecule is C#CCC(C)N1C2CCC1CC(N)C2. The zero-order chi connectivity index (χ0) is 10.1. The van der Waals surface area contributed by atoms with Gasteiger partial charge in [0.05, 0.1) is 0 Å². The molecule has 0 amide bonds. The summed E-state index contributed by atoms with van der Waals surface area (Å²) in [6, 6.07) is 2.41. The molecule has 3 atom stereocenters. The van der Waals surface area contributed by atoms with Crippen molar-refractivity contribution in [3.05, 3.63) is 0 Å². The highest BCUT2D eigenvalue weighted by molar-refractivity contribution is 5.01. The van der Waals surface area contributed by atoms with Gasteiger partial charge in [0, 0.05) is 30.6 Å². The van der Waals surface area contributed by atoms with Crippen LogP contribution in [0.25, 0.3) is 0 Å². The number of fused-ring (bicyclic) bond motifs is 2. The van der Waals surface area contributed by atoms with Crippen LogP contribution < -0.4 is 5.73 Å². The third kappa shape index (κ3) is 1.67. The average Bonchev–Trinajstić information content (AvgIpc) is 2.39. The number of hydrogen-bond acceptors (Lipinski definition) is 2. The van der Waals surface area contributed by atoms with Gasteiger partial charge in [0.1, 0.15) is 0 Å². The van der Waals surface area contributed by atoms with Gasteiger partial charge in [-0.1, -0.05) is 0 Å². The summed E-state index contributed by atoms with van der Waals surface area (Å²) in [7, 11) is 0. The minimum absolute atomic E-state index is 0.432. The molecule has 0 spiro atoms. The number of nitrogens with two attached hydrogens (primary N) is 1. The maximum absolute atomic E-state index is 6.02. The largest absolute Gasteiger partial charge is 0.328 e. The highest BCUT2D eigenvalue weighted by Gasteiger charge is 2.41. The molecule has 2 fully saturated rings. The van der Waals surface area contributed by atoms with E-state index in [0.29, 0.717) is 24.2 Å². The molecule has 2 aliphatic heterocycles. The Morgan fingerprint density at radius 2 is 2.00 bits per heavy atom. The van der Waals surface area contributed by atoms with Gasteiger partial charge in [-0.3, -0.25) is 4.90 Å². The van der Waals surface area contributed by atoms with Crippen LogP contribution in [0.2, 0.25) is 0 Å². The zero-order valence-electron chi connectivity index (χ0n) is 8.95. The maximum Gasteiger partial charge on any atom is 0.0240 e. The zero-order valence-corrected chi connectivity index (χ0v) is 8.95. The smallest absolute Gasteiger partial charge is 0.0240 e. The van der Waals surface area contributed by atoms with Crippen LogP contribution >= 0.6 is 0 Å². The quantitative estimate of drug-likeness (QED) is 0.669. The van der Waals surface area contributed by atoms with E-state index in [9.17, 15) is 0 Å². The summed E-state index contributed by atoms with van der Waals surface area (Å²) in [5.41, 5.74) is 6.02. The van der Waals surface area contributed by atoms with Gasteiger partial charge in [0.25, 0.3) is 0 Å². The Morgan fingerprint density at radius 1 is 1.43 bits per heavy atom. The van der Waals surface area contributed by atoms with E-state index in [1.165, 1.54) is 25.7 Å². The van der Waals surface area contributed by atoms with Gasteiger partial charge in [-0.25, -0.2) is 0 Å². The molecule has 0 aromatic heterocycles. The molecule has 2 nitrogen and oxygen atoms in total. The fourth-order valence-corrected chi connectivity index (χ4v) is 3.25. The Hall–Kier alpha value is -0.520. The van der Waals surface area contributed by atoms with Gasteiger partial charge < -0.3 is 5.73 Å². The second-order valence-corrected chi connectivity index (χ2v) is 4.82. The standard InChI is InChI=1S/C12H20N2/c1-3-4-9(2)14-11-5-6-12(14)8-10(13)7-11/h1,9-12H,4-8,13H2,2H3. The molecule has 0 aliphatic carbocycles. The molecule has 0 saturated carbocycles. The molecule has 2 N–H and O–H groups in total. The van der Waals surface area contributed by atoms with E-state index in [0.717, 1.165) is 6.42 Å². The van der Waals surface area contributed by atoms with E-state index in [1.54, 1.807) is 0 Å². The van der Waals surface area contributed by atoms with Crippen LogP contribution in [-0.2, 0) is 0 Å². The number of rotatable bonds is 2. The Balaban J connectivity index is 2.04. The number of terminal acetylenes is 1. The fourth-order valence-electron chi connectivity index (χ4n) is 3.25. The van der Waals surface area contributed by atoms with Crippen LogP contribution in [0.3, 0.4) is 0 Å². The lowest BCUT2D eigenvalue weighted by molar-refractivity contribution is 0.0877. The lowest BCUT2D eigenvalue weighted by atomic mass is 9.96. The lowest BCUT2D eigenvalue weighted by Gasteiger charge is -2.41. The first-order valence-corrected chi connectivity index (χ1v) is 5.69. The third-order valence-corrected chi connectivity index (χ3v) is 3.75. The monoisotopic (exact) mass is 192 g/mol. The molecule has 2 saturated heterocycles. The van der Waals surface area contributed by atoms with Crippen LogP contribution in [0.15, 0.2) is 0 Å². The van der Waals surface area contributed by atoms with Crippen LogP contribution in [0.1, 0.15) is 39.0 Å². The molecule has 2 rings (SSSR count). The van der Waals surface area contributed by atoms with E-state index in [2.05, 4.69) is 17.7 Å². The fraction of sp³-hybridized carbons (Fsp3) is 0.833. The molecule has 2 aliphatic rings. The van der Waals surface area contributed by atoms with Crippen LogP contribution in [0.4, 0.5) is 0 Å². The molecule has 2 heteroatoms. The molecule has 0 aromatic rings. The van der Waals surface area contributed by atoms with E-state index in [1.807, 2.05) is 0 Å². The first-order chi connectivity index (χ1) is 6.72. The number of hydrogen-bond donors (Lipinski definition) is 1. The van der Waals surface area contributed by atoms with Gasteiger partial charge in [-0.15, -0.1) is 12.3 Å². The summed E-state index contributed by atoms with van der Waals surface area (Å²) in [4.78, 5) is 2.63. The van der Waals surface area contributed by atoms with Crippen LogP contribution in [0, 0.1) is 12.3 Å². The van der Waals surface area contributed by atoms with E-state index < -0.39 is 0 Å². The second-order valence-electron chi connectivity index (χ2n) is 4.82. The maximum atomic E-state index is 6.02. The summed E-state index contributed by atoms with van der Waals surface area (Å²) >= 11 is 0. The minimum atomic E-state index is 0.432. The summed E-state index contributed by atoms with van der Waals surface area (Å²) in [5, 5.41) is 0. The second kappa shape index (κ2) is 3.92. The van der Waals surface area contributed by atoms with Crippen molar-refractivity contribution in [2.24, 2.45) is 5.73 Å². The minimum Gasteiger partial charge on any atom is -0.328 e. The van der Waals surface area contributed by atoms with Crippen molar-refractivity contribution in [1.29, 1.82) is 0 Å². The van der Waals surface area contributed by atoms with Gasteiger partial charge >= 0.3 is 0 Å². The normalized spacial score (nSPS) is 39.4. The predicted molar refractivity (Wildman–Crippen MR) is 58.8 cm³/mol. The van der Waals surface area contributed by atoms with Crippen LogP contribution in [-0.4, -0.2) is 29.1 Å². The molecule has 0 aromatic carbocycles. The molecular weight excluding hydrogens is 172 g/mol. The molecule has 2 heterocycles. The van der Waals surface area contributed by atoms with Gasteiger partial charge in [0.15, 0.2) is 0 Å². The van der Waals surface area contributed by atoms with Gasteiger partial charge in [0.2, 0.25) is 0 Å². The van der Waals surface area contributed by atoms with Crippen LogP contribution in [0.5, 0.6) is 0 Å².